The number of hydrogen-bond acceptors (Lipinski definition) is 4. The minimum atomic E-state index is -1.96. The van der Waals surface area contributed by atoms with E-state index in [1.54, 1.807) is 0 Å². The summed E-state index contributed by atoms with van der Waals surface area (Å²) in [4.78, 5) is 20.4. The summed E-state index contributed by atoms with van der Waals surface area (Å²) in [5, 5.41) is 33.6. The van der Waals surface area contributed by atoms with Crippen molar-refractivity contribution in [3.63, 3.8) is 0 Å². The molecule has 0 saturated carbocycles. The Balaban J connectivity index is 4.75. The van der Waals surface area contributed by atoms with Crippen LogP contribution in [0.1, 0.15) is 12.8 Å². The van der Waals surface area contributed by atoms with Crippen LogP contribution in [0.5, 0.6) is 0 Å². The van der Waals surface area contributed by atoms with Crippen molar-refractivity contribution in [1.29, 1.82) is 10.5 Å². The Hall–Kier alpha value is -2.08. The first-order valence-electron chi connectivity index (χ1n) is 3.22. The molecule has 0 amide bonds. The van der Waals surface area contributed by atoms with Crippen LogP contribution in [0.15, 0.2) is 0 Å². The molecule has 0 aliphatic carbocycles. The maximum absolute atomic E-state index is 10.2. The quantitative estimate of drug-likeness (QED) is 0.629. The average molecular weight is 182 g/mol. The van der Waals surface area contributed by atoms with Crippen molar-refractivity contribution in [3.05, 3.63) is 0 Å². The molecule has 0 atom stereocenters. The van der Waals surface area contributed by atoms with Crippen molar-refractivity contribution >= 4 is 11.9 Å². The zero-order valence-corrected chi connectivity index (χ0v) is 6.52. The molecule has 0 radical (unpaired) electrons. The molecule has 0 aromatic carbocycles. The van der Waals surface area contributed by atoms with Gasteiger partial charge in [0.15, 0.2) is 5.41 Å². The van der Waals surface area contributed by atoms with Gasteiger partial charge in [-0.3, -0.25) is 9.59 Å². The zero-order chi connectivity index (χ0) is 10.5. The highest BCUT2D eigenvalue weighted by molar-refractivity contribution is 5.74. The van der Waals surface area contributed by atoms with Gasteiger partial charge in [-0.2, -0.15) is 10.5 Å². The van der Waals surface area contributed by atoms with E-state index in [1.807, 2.05) is 0 Å². The summed E-state index contributed by atoms with van der Waals surface area (Å²) >= 11 is 0. The van der Waals surface area contributed by atoms with Gasteiger partial charge in [-0.15, -0.1) is 0 Å². The number of aliphatic carboxylic acids is 2. The summed E-state index contributed by atoms with van der Waals surface area (Å²) in [6, 6.07) is 2.81. The topological polar surface area (TPSA) is 122 Å². The summed E-state index contributed by atoms with van der Waals surface area (Å²) in [7, 11) is 0. The fraction of sp³-hybridized carbons (Fsp3) is 0.429. The molecular formula is C7H6N2O4. The molecule has 0 unspecified atom stereocenters. The molecule has 0 rings (SSSR count). The van der Waals surface area contributed by atoms with Gasteiger partial charge in [-0.05, 0) is 0 Å². The van der Waals surface area contributed by atoms with E-state index in [0.29, 0.717) is 0 Å². The van der Waals surface area contributed by atoms with Crippen molar-refractivity contribution in [1.82, 2.24) is 0 Å². The fourth-order valence-corrected chi connectivity index (χ4v) is 0.762. The van der Waals surface area contributed by atoms with E-state index in [-0.39, 0.29) is 0 Å². The predicted molar refractivity (Wildman–Crippen MR) is 38.2 cm³/mol. The number of rotatable bonds is 4. The third-order valence-electron chi connectivity index (χ3n) is 1.33. The lowest BCUT2D eigenvalue weighted by molar-refractivity contribution is -0.141. The lowest BCUT2D eigenvalue weighted by atomic mass is 9.84. The lowest BCUT2D eigenvalue weighted by Gasteiger charge is -2.11. The first-order chi connectivity index (χ1) is 5.95. The molecular weight excluding hydrogens is 176 g/mol. The third-order valence-corrected chi connectivity index (χ3v) is 1.33. The first-order valence-corrected chi connectivity index (χ1v) is 3.22. The van der Waals surface area contributed by atoms with Crippen LogP contribution in [0.25, 0.3) is 0 Å². The molecule has 2 N–H and O–H groups in total. The van der Waals surface area contributed by atoms with Crippen molar-refractivity contribution in [2.24, 2.45) is 5.41 Å². The molecule has 68 valence electrons. The first kappa shape index (κ1) is 10.9. The molecule has 0 bridgehead atoms. The second-order valence-corrected chi connectivity index (χ2v) is 2.45. The molecule has 0 aromatic rings. The standard InChI is InChI=1S/C7H6N2O4/c8-3-7(4-9,1-5(10)11)2-6(12)13/h1-2H2,(H,10,11)(H,12,13). The van der Waals surface area contributed by atoms with Gasteiger partial charge < -0.3 is 10.2 Å². The van der Waals surface area contributed by atoms with E-state index in [4.69, 9.17) is 20.7 Å². The predicted octanol–water partition coefficient (Wildman–Crippen LogP) is -0.0306. The minimum Gasteiger partial charge on any atom is -0.481 e. The average Bonchev–Trinajstić information content (AvgIpc) is 2.01. The Morgan fingerprint density at radius 3 is 1.54 bits per heavy atom. The minimum absolute atomic E-state index is 0.785. The van der Waals surface area contributed by atoms with Gasteiger partial charge in [0.1, 0.15) is 0 Å². The van der Waals surface area contributed by atoms with Crippen molar-refractivity contribution in [2.45, 2.75) is 12.8 Å². The normalized spacial score (nSPS) is 9.69. The van der Waals surface area contributed by atoms with E-state index in [0.717, 1.165) is 0 Å². The van der Waals surface area contributed by atoms with E-state index in [1.165, 1.54) is 12.1 Å². The van der Waals surface area contributed by atoms with Crippen molar-refractivity contribution in [3.8, 4) is 12.1 Å². The van der Waals surface area contributed by atoms with Crippen LogP contribution in [-0.2, 0) is 9.59 Å². The lowest BCUT2D eigenvalue weighted by Crippen LogP contribution is -2.24. The maximum Gasteiger partial charge on any atom is 0.306 e. The largest absolute Gasteiger partial charge is 0.481 e. The monoisotopic (exact) mass is 182 g/mol. The van der Waals surface area contributed by atoms with E-state index >= 15 is 0 Å². The molecule has 13 heavy (non-hydrogen) atoms. The number of nitriles is 2. The Bertz CT molecular complexity index is 277. The van der Waals surface area contributed by atoms with Gasteiger partial charge in [-0.25, -0.2) is 0 Å². The van der Waals surface area contributed by atoms with Crippen LogP contribution in [0.2, 0.25) is 0 Å². The number of nitrogens with zero attached hydrogens (tertiary/aromatic N) is 2. The molecule has 0 fully saturated rings. The van der Waals surface area contributed by atoms with Gasteiger partial charge in [0, 0.05) is 0 Å². The SMILES string of the molecule is N#CC(C#N)(CC(=O)O)CC(=O)O. The number of hydrogen-bond donors (Lipinski definition) is 2. The molecule has 0 saturated heterocycles. The Labute approximate surface area is 73.6 Å². The van der Waals surface area contributed by atoms with E-state index in [9.17, 15) is 9.59 Å². The highest BCUT2D eigenvalue weighted by atomic mass is 16.4. The Morgan fingerprint density at radius 2 is 1.38 bits per heavy atom. The highest BCUT2D eigenvalue weighted by Crippen LogP contribution is 2.24. The smallest absolute Gasteiger partial charge is 0.306 e. The van der Waals surface area contributed by atoms with Gasteiger partial charge in [0.2, 0.25) is 0 Å². The molecule has 0 aliphatic rings. The van der Waals surface area contributed by atoms with Crippen LogP contribution in [0, 0.1) is 28.1 Å². The highest BCUT2D eigenvalue weighted by Gasteiger charge is 2.35. The summed E-state index contributed by atoms with van der Waals surface area (Å²) < 4.78 is 0. The summed E-state index contributed by atoms with van der Waals surface area (Å²) in [5.41, 5.74) is -1.96. The van der Waals surface area contributed by atoms with E-state index in [2.05, 4.69) is 0 Å². The van der Waals surface area contributed by atoms with Crippen molar-refractivity contribution in [2.75, 3.05) is 0 Å². The summed E-state index contributed by atoms with van der Waals surface area (Å²) in [5.74, 6) is -2.74. The van der Waals surface area contributed by atoms with Crippen LogP contribution in [0.4, 0.5) is 0 Å². The molecule has 0 aliphatic heterocycles. The molecule has 0 heterocycles. The van der Waals surface area contributed by atoms with Gasteiger partial charge in [0.25, 0.3) is 0 Å². The Kier molecular flexibility index (Phi) is 3.42. The van der Waals surface area contributed by atoms with Gasteiger partial charge in [-0.1, -0.05) is 0 Å². The molecule has 0 spiro atoms. The molecule has 6 heteroatoms. The van der Waals surface area contributed by atoms with Crippen LogP contribution in [-0.4, -0.2) is 22.2 Å². The molecule has 0 aromatic heterocycles. The number of carboxylic acids is 2. The third kappa shape index (κ3) is 3.21. The zero-order valence-electron chi connectivity index (χ0n) is 6.52. The van der Waals surface area contributed by atoms with Gasteiger partial charge >= 0.3 is 11.9 Å². The summed E-state index contributed by atoms with van der Waals surface area (Å²) in [6.07, 6.45) is -1.57. The number of carbonyl (C=O) groups is 2. The number of carboxylic acid groups (broad SMARTS) is 2. The fourth-order valence-electron chi connectivity index (χ4n) is 0.762. The van der Waals surface area contributed by atoms with Crippen LogP contribution in [0.3, 0.4) is 0 Å². The Morgan fingerprint density at radius 1 is 1.08 bits per heavy atom. The summed E-state index contributed by atoms with van der Waals surface area (Å²) in [6.45, 7) is 0. The second kappa shape index (κ2) is 4.07. The van der Waals surface area contributed by atoms with Crippen LogP contribution < -0.4 is 0 Å². The van der Waals surface area contributed by atoms with Crippen LogP contribution >= 0.6 is 0 Å². The second-order valence-electron chi connectivity index (χ2n) is 2.45. The van der Waals surface area contributed by atoms with E-state index < -0.39 is 30.2 Å². The van der Waals surface area contributed by atoms with Crippen molar-refractivity contribution < 1.29 is 19.8 Å². The maximum atomic E-state index is 10.2. The molecule has 6 nitrogen and oxygen atoms in total. The van der Waals surface area contributed by atoms with Gasteiger partial charge in [0.05, 0.1) is 25.0 Å².